The number of amides is 1. The van der Waals surface area contributed by atoms with E-state index in [0.717, 1.165) is 5.56 Å². The molecule has 0 saturated heterocycles. The summed E-state index contributed by atoms with van der Waals surface area (Å²) < 4.78 is 5.44. The number of para-hydroxylation sites is 1. The molecule has 19 heavy (non-hydrogen) atoms. The van der Waals surface area contributed by atoms with Crippen molar-refractivity contribution in [2.45, 2.75) is 33.2 Å². The third kappa shape index (κ3) is 4.62. The van der Waals surface area contributed by atoms with Crippen LogP contribution in [0, 0.1) is 6.92 Å². The molecule has 2 N–H and O–H groups in total. The van der Waals surface area contributed by atoms with Gasteiger partial charge < -0.3 is 15.2 Å². The van der Waals surface area contributed by atoms with Crippen molar-refractivity contribution in [2.24, 2.45) is 0 Å². The topological polar surface area (TPSA) is 75.6 Å². The van der Waals surface area contributed by atoms with E-state index in [4.69, 9.17) is 9.84 Å². The van der Waals surface area contributed by atoms with Crippen molar-refractivity contribution in [3.63, 3.8) is 0 Å². The number of ether oxygens (including phenoxy) is 1. The lowest BCUT2D eigenvalue weighted by Gasteiger charge is -2.12. The van der Waals surface area contributed by atoms with Crippen molar-refractivity contribution in [2.75, 3.05) is 6.61 Å². The van der Waals surface area contributed by atoms with Gasteiger partial charge in [-0.1, -0.05) is 12.1 Å². The lowest BCUT2D eigenvalue weighted by atomic mass is 10.1. The highest BCUT2D eigenvalue weighted by Gasteiger charge is 2.13. The van der Waals surface area contributed by atoms with E-state index in [2.05, 4.69) is 5.32 Å². The highest BCUT2D eigenvalue weighted by Crippen LogP contribution is 2.23. The molecule has 0 unspecified atom stereocenters. The molecule has 0 fully saturated rings. The summed E-state index contributed by atoms with van der Waals surface area (Å²) in [6.07, 6.45) is 0.200. The van der Waals surface area contributed by atoms with Gasteiger partial charge in [-0.05, 0) is 32.4 Å². The first kappa shape index (κ1) is 15.0. The van der Waals surface area contributed by atoms with Gasteiger partial charge in [-0.2, -0.15) is 0 Å². The van der Waals surface area contributed by atoms with Crippen LogP contribution in [-0.4, -0.2) is 29.6 Å². The minimum Gasteiger partial charge on any atom is -0.492 e. The molecule has 0 aliphatic rings. The van der Waals surface area contributed by atoms with Gasteiger partial charge in [0.25, 0.3) is 0 Å². The third-order valence-electron chi connectivity index (χ3n) is 2.47. The second kappa shape index (κ2) is 6.78. The van der Waals surface area contributed by atoms with Gasteiger partial charge in [-0.3, -0.25) is 4.79 Å². The predicted octanol–water partition coefficient (Wildman–Crippen LogP) is 1.99. The largest absolute Gasteiger partial charge is 0.492 e. The molecular weight excluding hydrogens is 246 g/mol. The number of hydrogen-bond donors (Lipinski definition) is 2. The first-order valence-electron chi connectivity index (χ1n) is 6.17. The monoisotopic (exact) mass is 265 g/mol. The Morgan fingerprint density at radius 1 is 1.37 bits per heavy atom. The van der Waals surface area contributed by atoms with Gasteiger partial charge in [0.05, 0.1) is 13.0 Å². The molecule has 0 saturated carbocycles. The molecule has 0 aromatic heterocycles. The van der Waals surface area contributed by atoms with Gasteiger partial charge in [0.1, 0.15) is 11.3 Å². The van der Waals surface area contributed by atoms with E-state index in [9.17, 15) is 9.59 Å². The van der Waals surface area contributed by atoms with Crippen LogP contribution in [0.15, 0.2) is 18.2 Å². The molecule has 5 heteroatoms. The molecule has 1 rings (SSSR count). The first-order chi connectivity index (χ1) is 8.91. The fourth-order valence-corrected chi connectivity index (χ4v) is 1.65. The number of benzene rings is 1. The van der Waals surface area contributed by atoms with Crippen LogP contribution in [0.1, 0.15) is 36.2 Å². The van der Waals surface area contributed by atoms with E-state index in [0.29, 0.717) is 5.75 Å². The molecule has 0 spiro atoms. The molecular formula is C14H19NO4. The second-order valence-corrected chi connectivity index (χ2v) is 4.58. The Bertz CT molecular complexity index is 469. The van der Waals surface area contributed by atoms with Crippen LogP contribution in [0.3, 0.4) is 0 Å². The predicted molar refractivity (Wildman–Crippen MR) is 71.5 cm³/mol. The number of carboxylic acids is 1. The van der Waals surface area contributed by atoms with Crippen LogP contribution in [0.5, 0.6) is 5.75 Å². The fraction of sp³-hybridized carbons (Fsp3) is 0.429. The van der Waals surface area contributed by atoms with Crippen LogP contribution in [0.25, 0.3) is 0 Å². The molecule has 0 atom stereocenters. The van der Waals surface area contributed by atoms with Crippen molar-refractivity contribution in [1.82, 2.24) is 5.32 Å². The highest BCUT2D eigenvalue weighted by molar-refractivity contribution is 5.91. The zero-order chi connectivity index (χ0) is 14.4. The maximum Gasteiger partial charge on any atom is 0.339 e. The minimum absolute atomic E-state index is 0.0838. The van der Waals surface area contributed by atoms with Gasteiger partial charge in [0.15, 0.2) is 0 Å². The number of hydrogen-bond acceptors (Lipinski definition) is 3. The molecule has 104 valence electrons. The van der Waals surface area contributed by atoms with Crippen LogP contribution >= 0.6 is 0 Å². The van der Waals surface area contributed by atoms with Crippen LogP contribution in [-0.2, 0) is 4.79 Å². The van der Waals surface area contributed by atoms with Crippen LogP contribution < -0.4 is 10.1 Å². The van der Waals surface area contributed by atoms with Gasteiger partial charge in [-0.15, -0.1) is 0 Å². The molecule has 1 aromatic rings. The van der Waals surface area contributed by atoms with Crippen molar-refractivity contribution in [3.8, 4) is 5.75 Å². The van der Waals surface area contributed by atoms with Gasteiger partial charge >= 0.3 is 5.97 Å². The summed E-state index contributed by atoms with van der Waals surface area (Å²) >= 11 is 0. The lowest BCUT2D eigenvalue weighted by molar-refractivity contribution is -0.122. The summed E-state index contributed by atoms with van der Waals surface area (Å²) in [6, 6.07) is 5.01. The minimum atomic E-state index is -1.04. The zero-order valence-electron chi connectivity index (χ0n) is 11.4. The number of aryl methyl sites for hydroxylation is 1. The standard InChI is InChI=1S/C14H19NO4/c1-9(2)15-12(16)7-8-19-13-10(3)5-4-6-11(13)14(17)18/h4-6,9H,7-8H2,1-3H3,(H,15,16)(H,17,18). The van der Waals surface area contributed by atoms with E-state index in [-0.39, 0.29) is 30.5 Å². The second-order valence-electron chi connectivity index (χ2n) is 4.58. The SMILES string of the molecule is Cc1cccc(C(=O)O)c1OCCC(=O)NC(C)C. The number of nitrogens with one attached hydrogen (secondary N) is 1. The molecule has 1 amide bonds. The maximum absolute atomic E-state index is 11.4. The molecule has 1 aromatic carbocycles. The van der Waals surface area contributed by atoms with Crippen molar-refractivity contribution in [1.29, 1.82) is 0 Å². The average molecular weight is 265 g/mol. The summed E-state index contributed by atoms with van der Waals surface area (Å²) in [4.78, 5) is 22.5. The van der Waals surface area contributed by atoms with E-state index >= 15 is 0 Å². The summed E-state index contributed by atoms with van der Waals surface area (Å²) in [6.45, 7) is 5.69. The smallest absolute Gasteiger partial charge is 0.339 e. The molecule has 0 aliphatic carbocycles. The number of rotatable bonds is 6. The van der Waals surface area contributed by atoms with Gasteiger partial charge in [-0.25, -0.2) is 4.79 Å². The quantitative estimate of drug-likeness (QED) is 0.824. The number of carbonyl (C=O) groups excluding carboxylic acids is 1. The molecule has 0 heterocycles. The number of carboxylic acid groups (broad SMARTS) is 1. The van der Waals surface area contributed by atoms with E-state index < -0.39 is 5.97 Å². The fourth-order valence-electron chi connectivity index (χ4n) is 1.65. The number of carbonyl (C=O) groups is 2. The van der Waals surface area contributed by atoms with Crippen molar-refractivity contribution < 1.29 is 19.4 Å². The summed E-state index contributed by atoms with van der Waals surface area (Å²) in [5.74, 6) is -0.821. The Morgan fingerprint density at radius 3 is 2.63 bits per heavy atom. The Balaban J connectivity index is 2.63. The van der Waals surface area contributed by atoms with Gasteiger partial charge in [0, 0.05) is 6.04 Å². The molecule has 5 nitrogen and oxygen atoms in total. The number of aromatic carboxylic acids is 1. The van der Waals surface area contributed by atoms with Gasteiger partial charge in [0.2, 0.25) is 5.91 Å². The summed E-state index contributed by atoms with van der Waals surface area (Å²) in [7, 11) is 0. The Kier molecular flexibility index (Phi) is 5.36. The van der Waals surface area contributed by atoms with Crippen molar-refractivity contribution >= 4 is 11.9 Å². The third-order valence-corrected chi connectivity index (χ3v) is 2.47. The maximum atomic E-state index is 11.4. The van der Waals surface area contributed by atoms with E-state index in [1.165, 1.54) is 6.07 Å². The molecule has 0 aliphatic heterocycles. The average Bonchev–Trinajstić information content (AvgIpc) is 2.29. The van der Waals surface area contributed by atoms with Crippen LogP contribution in [0.2, 0.25) is 0 Å². The molecule has 0 radical (unpaired) electrons. The first-order valence-corrected chi connectivity index (χ1v) is 6.17. The van der Waals surface area contributed by atoms with Crippen molar-refractivity contribution in [3.05, 3.63) is 29.3 Å². The summed E-state index contributed by atoms with van der Waals surface area (Å²) in [5, 5.41) is 11.8. The highest BCUT2D eigenvalue weighted by atomic mass is 16.5. The van der Waals surface area contributed by atoms with E-state index in [1.807, 2.05) is 13.8 Å². The van der Waals surface area contributed by atoms with E-state index in [1.54, 1.807) is 19.1 Å². The molecule has 0 bridgehead atoms. The van der Waals surface area contributed by atoms with Crippen LogP contribution in [0.4, 0.5) is 0 Å². The normalized spacial score (nSPS) is 10.3. The zero-order valence-corrected chi connectivity index (χ0v) is 11.4. The Labute approximate surface area is 112 Å². The lowest BCUT2D eigenvalue weighted by Crippen LogP contribution is -2.31. The summed E-state index contributed by atoms with van der Waals surface area (Å²) in [5.41, 5.74) is 0.855. The Morgan fingerprint density at radius 2 is 2.05 bits per heavy atom. The Hall–Kier alpha value is -2.04.